The number of rotatable bonds is 7. The summed E-state index contributed by atoms with van der Waals surface area (Å²) < 4.78 is 67.5. The highest BCUT2D eigenvalue weighted by atomic mass is 32.2. The van der Waals surface area contributed by atoms with Crippen molar-refractivity contribution in [3.8, 4) is 0 Å². The van der Waals surface area contributed by atoms with Gasteiger partial charge in [0.15, 0.2) is 6.10 Å². The minimum absolute atomic E-state index is 0.185. The number of alkyl halides is 3. The predicted octanol–water partition coefficient (Wildman–Crippen LogP) is 2.76. The number of halogens is 3. The van der Waals surface area contributed by atoms with Crippen molar-refractivity contribution in [2.75, 3.05) is 0 Å². The minimum atomic E-state index is -5.85. The van der Waals surface area contributed by atoms with E-state index in [0.717, 1.165) is 0 Å². The molecule has 0 spiro atoms. The molecule has 0 unspecified atom stereocenters. The lowest BCUT2D eigenvalue weighted by Crippen LogP contribution is -2.35. The minimum Gasteiger partial charge on any atom is -0.459 e. The fraction of sp³-hybridized carbons (Fsp3) is 0.462. The molecule has 0 aliphatic heterocycles. The van der Waals surface area contributed by atoms with E-state index < -0.39 is 27.7 Å². The zero-order valence-corrected chi connectivity index (χ0v) is 12.5. The Morgan fingerprint density at radius 2 is 1.82 bits per heavy atom. The average Bonchev–Trinajstić information content (AvgIpc) is 2.44. The molecule has 0 bridgehead atoms. The van der Waals surface area contributed by atoms with Gasteiger partial charge in [-0.05, 0) is 12.0 Å². The highest BCUT2D eigenvalue weighted by molar-refractivity contribution is 7.87. The molecule has 1 aromatic carbocycles. The maximum atomic E-state index is 12.3. The monoisotopic (exact) mass is 340 g/mol. The lowest BCUT2D eigenvalue weighted by atomic mass is 10.2. The second-order valence-corrected chi connectivity index (χ2v) is 5.93. The van der Waals surface area contributed by atoms with E-state index in [9.17, 15) is 26.4 Å². The van der Waals surface area contributed by atoms with E-state index in [1.54, 1.807) is 37.3 Å². The summed E-state index contributed by atoms with van der Waals surface area (Å²) in [4.78, 5) is 11.7. The first-order valence-electron chi connectivity index (χ1n) is 6.37. The molecule has 0 saturated heterocycles. The molecular weight excluding hydrogens is 325 g/mol. The van der Waals surface area contributed by atoms with E-state index in [1.165, 1.54) is 0 Å². The fourth-order valence-corrected chi connectivity index (χ4v) is 2.09. The van der Waals surface area contributed by atoms with Gasteiger partial charge in [0.1, 0.15) is 6.61 Å². The molecule has 0 aromatic heterocycles. The van der Waals surface area contributed by atoms with Crippen LogP contribution in [0.4, 0.5) is 13.2 Å². The molecule has 0 fully saturated rings. The summed E-state index contributed by atoms with van der Waals surface area (Å²) in [7, 11) is -5.85. The third-order valence-electron chi connectivity index (χ3n) is 2.56. The molecule has 0 aliphatic carbocycles. The van der Waals surface area contributed by atoms with E-state index in [1.807, 2.05) is 0 Å². The van der Waals surface area contributed by atoms with Crippen molar-refractivity contribution in [2.24, 2.45) is 0 Å². The van der Waals surface area contributed by atoms with Crippen molar-refractivity contribution in [2.45, 2.75) is 38.0 Å². The number of hydrogen-bond donors (Lipinski definition) is 0. The van der Waals surface area contributed by atoms with Gasteiger partial charge in [0.2, 0.25) is 0 Å². The van der Waals surface area contributed by atoms with E-state index in [0.29, 0.717) is 5.56 Å². The first-order valence-corrected chi connectivity index (χ1v) is 7.78. The number of carbonyl (C=O) groups is 1. The molecule has 1 rings (SSSR count). The van der Waals surface area contributed by atoms with Gasteiger partial charge in [-0.25, -0.2) is 8.98 Å². The molecule has 0 heterocycles. The Kier molecular flexibility index (Phi) is 6.36. The van der Waals surface area contributed by atoms with Gasteiger partial charge in [-0.2, -0.15) is 21.6 Å². The van der Waals surface area contributed by atoms with Crippen LogP contribution >= 0.6 is 0 Å². The summed E-state index contributed by atoms with van der Waals surface area (Å²) in [5, 5.41) is 0. The van der Waals surface area contributed by atoms with E-state index in [4.69, 9.17) is 4.74 Å². The Labute approximate surface area is 126 Å². The first-order chi connectivity index (χ1) is 10.2. The molecule has 1 atom stereocenters. The van der Waals surface area contributed by atoms with Gasteiger partial charge in [-0.3, -0.25) is 0 Å². The van der Waals surface area contributed by atoms with Crippen LogP contribution < -0.4 is 0 Å². The van der Waals surface area contributed by atoms with Crippen molar-refractivity contribution in [3.05, 3.63) is 35.9 Å². The van der Waals surface area contributed by atoms with Gasteiger partial charge >= 0.3 is 21.6 Å². The number of carbonyl (C=O) groups excluding carboxylic acids is 1. The van der Waals surface area contributed by atoms with E-state index in [2.05, 4.69) is 4.18 Å². The Hall–Kier alpha value is -1.61. The lowest BCUT2D eigenvalue weighted by Gasteiger charge is -2.17. The van der Waals surface area contributed by atoms with Crippen LogP contribution in [0.3, 0.4) is 0 Å². The second-order valence-electron chi connectivity index (χ2n) is 4.37. The molecule has 0 N–H and O–H groups in total. The molecule has 1 aromatic rings. The van der Waals surface area contributed by atoms with E-state index in [-0.39, 0.29) is 19.4 Å². The highest BCUT2D eigenvalue weighted by Crippen LogP contribution is 2.27. The molecule has 0 radical (unpaired) electrons. The van der Waals surface area contributed by atoms with Gasteiger partial charge in [-0.1, -0.05) is 43.7 Å². The Balaban J connectivity index is 2.72. The predicted molar refractivity (Wildman–Crippen MR) is 71.0 cm³/mol. The first kappa shape index (κ1) is 18.4. The van der Waals surface area contributed by atoms with Gasteiger partial charge in [0.25, 0.3) is 0 Å². The molecular formula is C13H15F3O5S. The maximum absolute atomic E-state index is 12.3. The topological polar surface area (TPSA) is 69.7 Å². The maximum Gasteiger partial charge on any atom is 0.523 e. The van der Waals surface area contributed by atoms with Crippen molar-refractivity contribution in [1.82, 2.24) is 0 Å². The van der Waals surface area contributed by atoms with Crippen molar-refractivity contribution in [1.29, 1.82) is 0 Å². The molecule has 5 nitrogen and oxygen atoms in total. The number of ether oxygens (including phenoxy) is 1. The zero-order valence-electron chi connectivity index (χ0n) is 11.7. The number of esters is 1. The SMILES string of the molecule is CCC[C@@H](OS(=O)(=O)C(F)(F)F)C(=O)OCc1ccccc1. The van der Waals surface area contributed by atoms with Gasteiger partial charge in [0.05, 0.1) is 0 Å². The van der Waals surface area contributed by atoms with Crippen LogP contribution in [0.5, 0.6) is 0 Å². The smallest absolute Gasteiger partial charge is 0.459 e. The zero-order chi connectivity index (χ0) is 16.8. The summed E-state index contributed by atoms with van der Waals surface area (Å²) in [6, 6.07) is 8.42. The summed E-state index contributed by atoms with van der Waals surface area (Å²) >= 11 is 0. The van der Waals surface area contributed by atoms with Crippen molar-refractivity contribution in [3.63, 3.8) is 0 Å². The molecule has 9 heteroatoms. The Bertz CT molecular complexity index is 583. The standard InChI is InChI=1S/C13H15F3O5S/c1-2-6-11(21-22(18,19)13(14,15)16)12(17)20-9-10-7-4-3-5-8-10/h3-5,7-8,11H,2,6,9H2,1H3/t11-/m1/s1. The van der Waals surface area contributed by atoms with Crippen molar-refractivity contribution >= 4 is 16.1 Å². The number of benzene rings is 1. The Morgan fingerprint density at radius 3 is 2.32 bits per heavy atom. The van der Waals surface area contributed by atoms with Crippen LogP contribution in [-0.4, -0.2) is 26.0 Å². The average molecular weight is 340 g/mol. The van der Waals surface area contributed by atoms with Gasteiger partial charge < -0.3 is 4.74 Å². The van der Waals surface area contributed by atoms with Crippen molar-refractivity contribution < 1.29 is 35.3 Å². The van der Waals surface area contributed by atoms with Crippen LogP contribution in [0, 0.1) is 0 Å². The molecule has 0 saturated carbocycles. The third-order valence-corrected chi connectivity index (χ3v) is 3.62. The lowest BCUT2D eigenvalue weighted by molar-refractivity contribution is -0.154. The van der Waals surface area contributed by atoms with E-state index >= 15 is 0 Å². The van der Waals surface area contributed by atoms with Crippen LogP contribution in [0.25, 0.3) is 0 Å². The second kappa shape index (κ2) is 7.59. The van der Waals surface area contributed by atoms with Gasteiger partial charge in [-0.15, -0.1) is 0 Å². The largest absolute Gasteiger partial charge is 0.523 e. The van der Waals surface area contributed by atoms with Gasteiger partial charge in [0, 0.05) is 0 Å². The third kappa shape index (κ3) is 5.30. The fourth-order valence-electron chi connectivity index (χ4n) is 1.50. The summed E-state index contributed by atoms with van der Waals surface area (Å²) in [6.07, 6.45) is -1.78. The Morgan fingerprint density at radius 1 is 1.23 bits per heavy atom. The van der Waals surface area contributed by atoms with Crippen LogP contribution in [0.2, 0.25) is 0 Å². The molecule has 0 aliphatic rings. The molecule has 0 amide bonds. The summed E-state index contributed by atoms with van der Waals surface area (Å²) in [6.45, 7) is 1.39. The van der Waals surface area contributed by atoms with Crippen LogP contribution in [0.15, 0.2) is 30.3 Å². The quantitative estimate of drug-likeness (QED) is 0.434. The normalized spacial score (nSPS) is 13.6. The molecule has 22 heavy (non-hydrogen) atoms. The van der Waals surface area contributed by atoms with Crippen LogP contribution in [0.1, 0.15) is 25.3 Å². The summed E-state index contributed by atoms with van der Waals surface area (Å²) in [5.41, 5.74) is -4.97. The molecule has 124 valence electrons. The summed E-state index contributed by atoms with van der Waals surface area (Å²) in [5.74, 6) is -1.15. The highest BCUT2D eigenvalue weighted by Gasteiger charge is 2.49. The number of hydrogen-bond acceptors (Lipinski definition) is 5. The van der Waals surface area contributed by atoms with Crippen LogP contribution in [-0.2, 0) is 30.4 Å².